The lowest BCUT2D eigenvalue weighted by atomic mass is 10.1. The van der Waals surface area contributed by atoms with Crippen molar-refractivity contribution in [2.75, 3.05) is 19.7 Å². The molecule has 0 amide bonds. The van der Waals surface area contributed by atoms with Crippen molar-refractivity contribution in [1.29, 1.82) is 0 Å². The molecule has 5 nitrogen and oxygen atoms in total. The van der Waals surface area contributed by atoms with Gasteiger partial charge in [0, 0.05) is 30.2 Å². The Morgan fingerprint density at radius 2 is 2.20 bits per heavy atom. The molecule has 6 heteroatoms. The summed E-state index contributed by atoms with van der Waals surface area (Å²) in [6.07, 6.45) is -0.00221. The number of rotatable bonds is 3. The molecule has 3 rings (SSSR count). The molecule has 0 N–H and O–H groups in total. The van der Waals surface area contributed by atoms with Gasteiger partial charge in [-0.05, 0) is 13.0 Å². The quantitative estimate of drug-likeness (QED) is 0.870. The van der Waals surface area contributed by atoms with Crippen LogP contribution in [0, 0.1) is 6.92 Å². The third kappa shape index (κ3) is 2.85. The zero-order valence-corrected chi connectivity index (χ0v) is 12.0. The van der Waals surface area contributed by atoms with Gasteiger partial charge in [0.1, 0.15) is 11.4 Å². The molecule has 20 heavy (non-hydrogen) atoms. The number of hydrogen-bond acceptors (Lipinski definition) is 5. The lowest BCUT2D eigenvalue weighted by Crippen LogP contribution is -2.38. The third-order valence-electron chi connectivity index (χ3n) is 3.52. The lowest BCUT2D eigenvalue weighted by Gasteiger charge is -2.33. The summed E-state index contributed by atoms with van der Waals surface area (Å²) in [5.41, 5.74) is 2.75. The second-order valence-corrected chi connectivity index (χ2v) is 5.32. The monoisotopic (exact) mass is 293 g/mol. The maximum absolute atomic E-state index is 6.24. The molecule has 1 aliphatic rings. The van der Waals surface area contributed by atoms with E-state index in [1.165, 1.54) is 0 Å². The second-order valence-electron chi connectivity index (χ2n) is 4.91. The van der Waals surface area contributed by atoms with E-state index in [1.807, 2.05) is 31.2 Å². The van der Waals surface area contributed by atoms with Crippen LogP contribution in [0.15, 0.2) is 28.9 Å². The maximum atomic E-state index is 6.24. The van der Waals surface area contributed by atoms with E-state index in [4.69, 9.17) is 21.0 Å². The fourth-order valence-electron chi connectivity index (χ4n) is 2.38. The third-order valence-corrected chi connectivity index (χ3v) is 3.87. The minimum absolute atomic E-state index is 0.00221. The highest BCUT2D eigenvalue weighted by Crippen LogP contribution is 2.28. The van der Waals surface area contributed by atoms with Crippen molar-refractivity contribution in [2.45, 2.75) is 19.6 Å². The fraction of sp³-hybridized carbons (Fsp3) is 0.429. The Bertz CT molecular complexity index is 587. The molecule has 0 radical (unpaired) electrons. The highest BCUT2D eigenvalue weighted by atomic mass is 35.5. The minimum Gasteiger partial charge on any atom is -0.371 e. The van der Waals surface area contributed by atoms with E-state index in [0.29, 0.717) is 6.61 Å². The first-order chi connectivity index (χ1) is 9.74. The summed E-state index contributed by atoms with van der Waals surface area (Å²) in [5, 5.41) is 8.49. The standard InChI is InChI=1S/C14H16ClN3O2/c1-10-13(17-20-16-10)8-18-6-7-19-14(9-18)11-4-2-3-5-12(11)15/h2-5,14H,6-9H2,1H3. The molecule has 1 aromatic heterocycles. The summed E-state index contributed by atoms with van der Waals surface area (Å²) in [7, 11) is 0. The molecular formula is C14H16ClN3O2. The smallest absolute Gasteiger partial charge is 0.122 e. The van der Waals surface area contributed by atoms with Crippen LogP contribution in [-0.2, 0) is 11.3 Å². The second kappa shape index (κ2) is 5.91. The predicted octanol–water partition coefficient (Wildman–Crippen LogP) is 2.60. The van der Waals surface area contributed by atoms with Crippen molar-refractivity contribution in [3.63, 3.8) is 0 Å². The highest BCUT2D eigenvalue weighted by molar-refractivity contribution is 6.31. The molecule has 1 atom stereocenters. The van der Waals surface area contributed by atoms with Crippen LogP contribution in [-0.4, -0.2) is 34.9 Å². The van der Waals surface area contributed by atoms with Crippen LogP contribution < -0.4 is 0 Å². The Balaban J connectivity index is 1.71. The van der Waals surface area contributed by atoms with Crippen molar-refractivity contribution in [1.82, 2.24) is 15.2 Å². The Morgan fingerprint density at radius 1 is 1.35 bits per heavy atom. The number of morpholine rings is 1. The molecule has 106 valence electrons. The molecule has 0 bridgehead atoms. The summed E-state index contributed by atoms with van der Waals surface area (Å²) in [5.74, 6) is 0. The number of aromatic nitrogens is 2. The molecule has 2 heterocycles. The summed E-state index contributed by atoms with van der Waals surface area (Å²) in [6, 6.07) is 7.82. The Hall–Kier alpha value is -1.43. The van der Waals surface area contributed by atoms with Crippen molar-refractivity contribution in [2.24, 2.45) is 0 Å². The number of aryl methyl sites for hydroxylation is 1. The highest BCUT2D eigenvalue weighted by Gasteiger charge is 2.24. The Kier molecular flexibility index (Phi) is 4.00. The van der Waals surface area contributed by atoms with Gasteiger partial charge in [0.25, 0.3) is 0 Å². The van der Waals surface area contributed by atoms with Gasteiger partial charge in [0.05, 0.1) is 12.7 Å². The van der Waals surface area contributed by atoms with Crippen molar-refractivity contribution in [3.8, 4) is 0 Å². The summed E-state index contributed by atoms with van der Waals surface area (Å²) in [6.45, 7) is 4.96. The van der Waals surface area contributed by atoms with Crippen molar-refractivity contribution < 1.29 is 9.37 Å². The zero-order valence-electron chi connectivity index (χ0n) is 11.3. The number of benzene rings is 1. The average molecular weight is 294 g/mol. The predicted molar refractivity (Wildman–Crippen MR) is 74.5 cm³/mol. The van der Waals surface area contributed by atoms with Crippen molar-refractivity contribution >= 4 is 11.6 Å². The van der Waals surface area contributed by atoms with Gasteiger partial charge in [0.2, 0.25) is 0 Å². The number of halogens is 1. The van der Waals surface area contributed by atoms with Crippen LogP contribution in [0.1, 0.15) is 23.1 Å². The molecule has 0 aliphatic carbocycles. The first kappa shape index (κ1) is 13.5. The van der Waals surface area contributed by atoms with Gasteiger partial charge in [-0.1, -0.05) is 40.1 Å². The van der Waals surface area contributed by atoms with E-state index < -0.39 is 0 Å². The van der Waals surface area contributed by atoms with Crippen LogP contribution in [0.25, 0.3) is 0 Å². The topological polar surface area (TPSA) is 51.4 Å². The molecule has 1 aliphatic heterocycles. The SMILES string of the molecule is Cc1nonc1CN1CCOC(c2ccccc2Cl)C1. The number of ether oxygens (including phenoxy) is 1. The van der Waals surface area contributed by atoms with E-state index in [0.717, 1.165) is 41.6 Å². The van der Waals surface area contributed by atoms with Gasteiger partial charge in [-0.25, -0.2) is 4.63 Å². The van der Waals surface area contributed by atoms with E-state index in [2.05, 4.69) is 15.2 Å². The van der Waals surface area contributed by atoms with Gasteiger partial charge in [0.15, 0.2) is 0 Å². The summed E-state index contributed by atoms with van der Waals surface area (Å²) < 4.78 is 10.6. The summed E-state index contributed by atoms with van der Waals surface area (Å²) in [4.78, 5) is 2.28. The number of hydrogen-bond donors (Lipinski definition) is 0. The van der Waals surface area contributed by atoms with Crippen LogP contribution in [0.4, 0.5) is 0 Å². The molecular weight excluding hydrogens is 278 g/mol. The van der Waals surface area contributed by atoms with Crippen LogP contribution in [0.5, 0.6) is 0 Å². The molecule has 1 fully saturated rings. The largest absolute Gasteiger partial charge is 0.371 e. The van der Waals surface area contributed by atoms with Gasteiger partial charge in [-0.15, -0.1) is 0 Å². The van der Waals surface area contributed by atoms with Gasteiger partial charge in [-0.2, -0.15) is 0 Å². The normalized spacial score (nSPS) is 20.2. The lowest BCUT2D eigenvalue weighted by molar-refractivity contribution is -0.0335. The van der Waals surface area contributed by atoms with Gasteiger partial charge < -0.3 is 4.74 Å². The zero-order chi connectivity index (χ0) is 13.9. The van der Waals surface area contributed by atoms with Crippen LogP contribution >= 0.6 is 11.6 Å². The van der Waals surface area contributed by atoms with Gasteiger partial charge in [-0.3, -0.25) is 4.90 Å². The molecule has 0 saturated carbocycles. The fourth-order valence-corrected chi connectivity index (χ4v) is 2.63. The van der Waals surface area contributed by atoms with E-state index >= 15 is 0 Å². The van der Waals surface area contributed by atoms with E-state index in [-0.39, 0.29) is 6.10 Å². The van der Waals surface area contributed by atoms with E-state index in [9.17, 15) is 0 Å². The van der Waals surface area contributed by atoms with Gasteiger partial charge >= 0.3 is 0 Å². The first-order valence-corrected chi connectivity index (χ1v) is 6.98. The average Bonchev–Trinajstić information content (AvgIpc) is 2.85. The molecule has 1 saturated heterocycles. The molecule has 1 aromatic carbocycles. The van der Waals surface area contributed by atoms with Crippen LogP contribution in [0.3, 0.4) is 0 Å². The molecule has 0 spiro atoms. The first-order valence-electron chi connectivity index (χ1n) is 6.60. The van der Waals surface area contributed by atoms with Crippen LogP contribution in [0.2, 0.25) is 5.02 Å². The van der Waals surface area contributed by atoms with Crippen molar-refractivity contribution in [3.05, 3.63) is 46.2 Å². The molecule has 2 aromatic rings. The Labute approximate surface area is 122 Å². The minimum atomic E-state index is -0.00221. The maximum Gasteiger partial charge on any atom is 0.122 e. The van der Waals surface area contributed by atoms with E-state index in [1.54, 1.807) is 0 Å². The number of nitrogens with zero attached hydrogens (tertiary/aromatic N) is 3. The summed E-state index contributed by atoms with van der Waals surface area (Å²) >= 11 is 6.24. The Morgan fingerprint density at radius 3 is 2.95 bits per heavy atom. The molecule has 1 unspecified atom stereocenters.